The predicted molar refractivity (Wildman–Crippen MR) is 57.7 cm³/mol. The van der Waals surface area contributed by atoms with Crippen molar-refractivity contribution in [3.63, 3.8) is 0 Å². The molecule has 2 rings (SSSR count). The largest absolute Gasteiger partial charge is 0.324 e. The fourth-order valence-corrected chi connectivity index (χ4v) is 4.14. The quantitative estimate of drug-likeness (QED) is 0.783. The maximum Gasteiger partial charge on any atom is 0.178 e. The molecule has 0 fully saturated rings. The molecule has 0 bridgehead atoms. The molecule has 0 saturated heterocycles. The van der Waals surface area contributed by atoms with Gasteiger partial charge in [0.1, 0.15) is 0 Å². The summed E-state index contributed by atoms with van der Waals surface area (Å²) in [6.45, 7) is 0. The molecule has 0 unspecified atom stereocenters. The normalized spacial score (nSPS) is 24.3. The van der Waals surface area contributed by atoms with Gasteiger partial charge in [0.05, 0.1) is 10.6 Å². The van der Waals surface area contributed by atoms with Crippen LogP contribution in [0.1, 0.15) is 18.0 Å². The van der Waals surface area contributed by atoms with Gasteiger partial charge in [-0.2, -0.15) is 0 Å². The Labute approximate surface area is 91.4 Å². The number of hydrogen-bond donors (Lipinski definition) is 1. The van der Waals surface area contributed by atoms with E-state index in [1.165, 1.54) is 0 Å². The van der Waals surface area contributed by atoms with Crippen LogP contribution in [-0.2, 0) is 9.84 Å². The molecule has 1 heterocycles. The Hall–Kier alpha value is -0.390. The van der Waals surface area contributed by atoms with Crippen LogP contribution in [-0.4, -0.2) is 14.2 Å². The van der Waals surface area contributed by atoms with Gasteiger partial charge in [-0.05, 0) is 18.6 Å². The molecule has 76 valence electrons. The lowest BCUT2D eigenvalue weighted by Gasteiger charge is -2.23. The van der Waals surface area contributed by atoms with Gasteiger partial charge in [0.25, 0.3) is 0 Å². The van der Waals surface area contributed by atoms with Gasteiger partial charge in [0.15, 0.2) is 9.84 Å². The third-order valence-electron chi connectivity index (χ3n) is 2.42. The molecule has 1 aromatic carbocycles. The van der Waals surface area contributed by atoms with Crippen molar-refractivity contribution in [3.8, 4) is 0 Å². The average molecular weight is 276 g/mol. The molecule has 1 aliphatic heterocycles. The van der Waals surface area contributed by atoms with E-state index < -0.39 is 9.84 Å². The predicted octanol–water partition coefficient (Wildman–Crippen LogP) is 1.63. The van der Waals surface area contributed by atoms with E-state index in [-0.39, 0.29) is 11.8 Å². The smallest absolute Gasteiger partial charge is 0.178 e. The van der Waals surface area contributed by atoms with Gasteiger partial charge in [-0.1, -0.05) is 22.0 Å². The zero-order chi connectivity index (χ0) is 10.3. The van der Waals surface area contributed by atoms with Gasteiger partial charge in [-0.15, -0.1) is 0 Å². The van der Waals surface area contributed by atoms with Crippen LogP contribution in [0.2, 0.25) is 0 Å². The summed E-state index contributed by atoms with van der Waals surface area (Å²) in [7, 11) is -3.11. The maximum atomic E-state index is 11.7. The molecule has 0 spiro atoms. The first-order chi connectivity index (χ1) is 6.52. The summed E-state index contributed by atoms with van der Waals surface area (Å²) >= 11 is 3.33. The number of nitrogens with two attached hydrogens (primary N) is 1. The van der Waals surface area contributed by atoms with E-state index in [4.69, 9.17) is 5.73 Å². The zero-order valence-electron chi connectivity index (χ0n) is 7.40. The topological polar surface area (TPSA) is 60.2 Å². The highest BCUT2D eigenvalue weighted by atomic mass is 79.9. The van der Waals surface area contributed by atoms with Gasteiger partial charge < -0.3 is 5.73 Å². The maximum absolute atomic E-state index is 11.7. The molecule has 0 aliphatic carbocycles. The van der Waals surface area contributed by atoms with Crippen molar-refractivity contribution in [3.05, 3.63) is 28.2 Å². The second kappa shape index (κ2) is 3.32. The Morgan fingerprint density at radius 1 is 1.43 bits per heavy atom. The molecule has 3 nitrogen and oxygen atoms in total. The van der Waals surface area contributed by atoms with Crippen molar-refractivity contribution in [1.29, 1.82) is 0 Å². The van der Waals surface area contributed by atoms with Crippen molar-refractivity contribution in [2.45, 2.75) is 17.4 Å². The molecule has 0 saturated carbocycles. The summed E-state index contributed by atoms with van der Waals surface area (Å²) in [6.07, 6.45) is 0.498. The lowest BCUT2D eigenvalue weighted by molar-refractivity contribution is 0.568. The fraction of sp³-hybridized carbons (Fsp3) is 0.333. The van der Waals surface area contributed by atoms with Crippen LogP contribution in [0.4, 0.5) is 0 Å². The lowest BCUT2D eigenvalue weighted by atomic mass is 10.1. The minimum absolute atomic E-state index is 0.150. The van der Waals surface area contributed by atoms with Gasteiger partial charge in [-0.25, -0.2) is 8.42 Å². The zero-order valence-corrected chi connectivity index (χ0v) is 9.81. The number of halogens is 1. The third kappa shape index (κ3) is 1.49. The molecule has 1 aromatic rings. The molecule has 0 radical (unpaired) electrons. The number of fused-ring (bicyclic) bond motifs is 1. The molecular weight excluding hydrogens is 266 g/mol. The highest BCUT2D eigenvalue weighted by Crippen LogP contribution is 2.35. The van der Waals surface area contributed by atoms with Gasteiger partial charge in [0, 0.05) is 16.1 Å². The summed E-state index contributed by atoms with van der Waals surface area (Å²) < 4.78 is 24.2. The minimum Gasteiger partial charge on any atom is -0.324 e. The fourth-order valence-electron chi connectivity index (χ4n) is 1.68. The molecule has 14 heavy (non-hydrogen) atoms. The number of sulfone groups is 1. The molecule has 1 aliphatic rings. The first kappa shape index (κ1) is 10.1. The Morgan fingerprint density at radius 3 is 2.79 bits per heavy atom. The molecule has 0 amide bonds. The van der Waals surface area contributed by atoms with Crippen LogP contribution in [0, 0.1) is 0 Å². The summed E-state index contributed by atoms with van der Waals surface area (Å²) in [4.78, 5) is 0.380. The average Bonchev–Trinajstić information content (AvgIpc) is 2.12. The van der Waals surface area contributed by atoms with Crippen LogP contribution in [0.5, 0.6) is 0 Å². The highest BCUT2D eigenvalue weighted by molar-refractivity contribution is 9.10. The van der Waals surface area contributed by atoms with E-state index in [1.807, 2.05) is 6.07 Å². The third-order valence-corrected chi connectivity index (χ3v) is 4.91. The van der Waals surface area contributed by atoms with Crippen LogP contribution in [0.15, 0.2) is 27.6 Å². The van der Waals surface area contributed by atoms with Gasteiger partial charge in [-0.3, -0.25) is 0 Å². The Bertz CT molecular complexity index is 470. The van der Waals surface area contributed by atoms with E-state index >= 15 is 0 Å². The van der Waals surface area contributed by atoms with E-state index in [0.29, 0.717) is 11.3 Å². The highest BCUT2D eigenvalue weighted by Gasteiger charge is 2.29. The number of benzene rings is 1. The molecular formula is C9H10BrNO2S. The molecule has 0 aromatic heterocycles. The summed E-state index contributed by atoms with van der Waals surface area (Å²) in [5.74, 6) is 0.150. The monoisotopic (exact) mass is 275 g/mol. The second-order valence-electron chi connectivity index (χ2n) is 3.37. The Morgan fingerprint density at radius 2 is 2.14 bits per heavy atom. The number of rotatable bonds is 0. The van der Waals surface area contributed by atoms with Crippen molar-refractivity contribution < 1.29 is 8.42 Å². The second-order valence-corrected chi connectivity index (χ2v) is 6.30. The van der Waals surface area contributed by atoms with Crippen LogP contribution < -0.4 is 5.73 Å². The Kier molecular flexibility index (Phi) is 2.41. The minimum atomic E-state index is -3.11. The summed E-state index contributed by atoms with van der Waals surface area (Å²) in [5.41, 5.74) is 6.59. The van der Waals surface area contributed by atoms with Gasteiger partial charge in [0.2, 0.25) is 0 Å². The first-order valence-electron chi connectivity index (χ1n) is 4.29. The van der Waals surface area contributed by atoms with Crippen molar-refractivity contribution in [2.24, 2.45) is 5.73 Å². The van der Waals surface area contributed by atoms with E-state index in [0.717, 1.165) is 10.0 Å². The van der Waals surface area contributed by atoms with Gasteiger partial charge >= 0.3 is 0 Å². The lowest BCUT2D eigenvalue weighted by Crippen LogP contribution is -2.25. The molecule has 5 heteroatoms. The van der Waals surface area contributed by atoms with E-state index in [2.05, 4.69) is 15.9 Å². The molecule has 1 atom stereocenters. The van der Waals surface area contributed by atoms with Crippen LogP contribution in [0.3, 0.4) is 0 Å². The summed E-state index contributed by atoms with van der Waals surface area (Å²) in [5, 5.41) is 0. The van der Waals surface area contributed by atoms with Crippen molar-refractivity contribution >= 4 is 25.8 Å². The van der Waals surface area contributed by atoms with Crippen LogP contribution in [0.25, 0.3) is 0 Å². The Balaban J connectivity index is 2.75. The number of hydrogen-bond acceptors (Lipinski definition) is 3. The van der Waals surface area contributed by atoms with Crippen LogP contribution >= 0.6 is 15.9 Å². The standard InChI is InChI=1S/C9H10BrNO2S/c10-6-2-1-3-8-9(6)7(11)4-5-14(8,12)13/h1-3,7H,4-5,11H2/t7-/m1/s1. The van der Waals surface area contributed by atoms with E-state index in [9.17, 15) is 8.42 Å². The first-order valence-corrected chi connectivity index (χ1v) is 6.73. The SMILES string of the molecule is N[C@@H]1CCS(=O)(=O)c2cccc(Br)c21. The summed E-state index contributed by atoms with van der Waals surface area (Å²) in [6, 6.07) is 4.98. The van der Waals surface area contributed by atoms with Crippen molar-refractivity contribution in [1.82, 2.24) is 0 Å². The molecule has 2 N–H and O–H groups in total. The van der Waals surface area contributed by atoms with E-state index in [1.54, 1.807) is 12.1 Å². The van der Waals surface area contributed by atoms with Crippen molar-refractivity contribution in [2.75, 3.05) is 5.75 Å².